The Kier molecular flexibility index (Phi) is 11.3. The molecule has 0 aromatic rings. The number of nitrogens with zero attached hydrogens (tertiary/aromatic N) is 1. The lowest BCUT2D eigenvalue weighted by Crippen LogP contribution is -2.57. The standard InChI is InChI=1S/C17H33N7O5/c1-8(2)12(24-14(26)10(4)22-13(25)9(3)18)15(27)23-11(16(28)29)6-5-7-21-17(19)20/h8-12H,5-7,18H2,1-4H3,(H,22,25)(H,23,27)(H,24,26)(H,28,29)(H4,19,20,21). The summed E-state index contributed by atoms with van der Waals surface area (Å²) in [6.07, 6.45) is 0.450. The number of aliphatic imine (C=N–C) groups is 1. The third-order valence-corrected chi connectivity index (χ3v) is 3.97. The van der Waals surface area contributed by atoms with Crippen molar-refractivity contribution in [2.75, 3.05) is 6.54 Å². The van der Waals surface area contributed by atoms with Crippen LogP contribution >= 0.6 is 0 Å². The van der Waals surface area contributed by atoms with Crippen molar-refractivity contribution in [2.24, 2.45) is 28.1 Å². The lowest BCUT2D eigenvalue weighted by Gasteiger charge is -2.25. The molecule has 0 aliphatic carbocycles. The summed E-state index contributed by atoms with van der Waals surface area (Å²) < 4.78 is 0. The van der Waals surface area contributed by atoms with E-state index < -0.39 is 47.9 Å². The molecule has 0 aromatic carbocycles. The number of nitrogens with two attached hydrogens (primary N) is 3. The van der Waals surface area contributed by atoms with Crippen molar-refractivity contribution in [1.82, 2.24) is 16.0 Å². The van der Waals surface area contributed by atoms with Gasteiger partial charge in [-0.2, -0.15) is 0 Å². The van der Waals surface area contributed by atoms with E-state index in [1.54, 1.807) is 13.8 Å². The Labute approximate surface area is 170 Å². The zero-order valence-electron chi connectivity index (χ0n) is 17.3. The van der Waals surface area contributed by atoms with E-state index in [9.17, 15) is 24.3 Å². The fourth-order valence-corrected chi connectivity index (χ4v) is 2.25. The summed E-state index contributed by atoms with van der Waals surface area (Å²) in [7, 11) is 0. The number of hydrogen-bond donors (Lipinski definition) is 7. The van der Waals surface area contributed by atoms with Crippen LogP contribution in [0, 0.1) is 5.92 Å². The number of amides is 3. The number of carboxylic acids is 1. The Bertz CT molecular complexity index is 617. The number of guanidine groups is 1. The van der Waals surface area contributed by atoms with Gasteiger partial charge in [0.05, 0.1) is 6.04 Å². The van der Waals surface area contributed by atoms with Gasteiger partial charge in [-0.3, -0.25) is 19.4 Å². The van der Waals surface area contributed by atoms with Crippen LogP contribution in [0.25, 0.3) is 0 Å². The SMILES string of the molecule is CC(N)C(=O)NC(C)C(=O)NC(C(=O)NC(CCCN=C(N)N)C(=O)O)C(C)C. The number of aliphatic carboxylic acids is 1. The summed E-state index contributed by atoms with van der Waals surface area (Å²) in [5, 5.41) is 16.7. The Balaban J connectivity index is 4.96. The normalized spacial score (nSPS) is 14.8. The average molecular weight is 415 g/mol. The van der Waals surface area contributed by atoms with Crippen LogP contribution < -0.4 is 33.2 Å². The number of carbonyl (C=O) groups excluding carboxylic acids is 3. The van der Waals surface area contributed by atoms with E-state index in [1.165, 1.54) is 13.8 Å². The maximum Gasteiger partial charge on any atom is 0.326 e. The van der Waals surface area contributed by atoms with E-state index in [0.29, 0.717) is 6.42 Å². The number of nitrogens with one attached hydrogen (secondary N) is 3. The molecule has 4 unspecified atom stereocenters. The Morgan fingerprint density at radius 1 is 0.931 bits per heavy atom. The second-order valence-corrected chi connectivity index (χ2v) is 7.10. The molecule has 12 heteroatoms. The maximum atomic E-state index is 12.6. The monoisotopic (exact) mass is 415 g/mol. The first-order valence-electron chi connectivity index (χ1n) is 9.31. The van der Waals surface area contributed by atoms with Crippen LogP contribution in [-0.2, 0) is 19.2 Å². The predicted molar refractivity (Wildman–Crippen MR) is 108 cm³/mol. The molecule has 29 heavy (non-hydrogen) atoms. The van der Waals surface area contributed by atoms with Gasteiger partial charge in [0.2, 0.25) is 17.7 Å². The molecule has 0 fully saturated rings. The largest absolute Gasteiger partial charge is 0.480 e. The summed E-state index contributed by atoms with van der Waals surface area (Å²) >= 11 is 0. The molecule has 0 radical (unpaired) electrons. The lowest BCUT2D eigenvalue weighted by molar-refractivity contribution is -0.142. The van der Waals surface area contributed by atoms with E-state index in [0.717, 1.165) is 0 Å². The molecule has 0 saturated carbocycles. The topological polar surface area (TPSA) is 215 Å². The van der Waals surface area contributed by atoms with Crippen LogP contribution in [0.1, 0.15) is 40.5 Å². The minimum atomic E-state index is -1.21. The van der Waals surface area contributed by atoms with Gasteiger partial charge in [0.25, 0.3) is 0 Å². The quantitative estimate of drug-likeness (QED) is 0.103. The second kappa shape index (κ2) is 12.5. The van der Waals surface area contributed by atoms with Gasteiger partial charge in [0.15, 0.2) is 5.96 Å². The molecule has 0 spiro atoms. The highest BCUT2D eigenvalue weighted by molar-refractivity contribution is 5.93. The summed E-state index contributed by atoms with van der Waals surface area (Å²) in [6, 6.07) is -3.86. The number of carboxylic acid groups (broad SMARTS) is 1. The fraction of sp³-hybridized carbons (Fsp3) is 0.706. The summed E-state index contributed by atoms with van der Waals surface area (Å²) in [4.78, 5) is 51.7. The molecule has 3 amide bonds. The van der Waals surface area contributed by atoms with Gasteiger partial charge >= 0.3 is 5.97 Å². The third-order valence-electron chi connectivity index (χ3n) is 3.97. The minimum Gasteiger partial charge on any atom is -0.480 e. The zero-order valence-corrected chi connectivity index (χ0v) is 17.3. The van der Waals surface area contributed by atoms with Gasteiger partial charge in [-0.25, -0.2) is 4.79 Å². The average Bonchev–Trinajstić information content (AvgIpc) is 2.60. The molecule has 0 aromatic heterocycles. The van der Waals surface area contributed by atoms with Crippen LogP contribution in [0.2, 0.25) is 0 Å². The number of hydrogen-bond acceptors (Lipinski definition) is 6. The van der Waals surface area contributed by atoms with Crippen LogP contribution in [0.15, 0.2) is 4.99 Å². The smallest absolute Gasteiger partial charge is 0.326 e. The first kappa shape index (κ1) is 26.1. The van der Waals surface area contributed by atoms with Crippen molar-refractivity contribution in [2.45, 2.75) is 64.7 Å². The summed E-state index contributed by atoms with van der Waals surface area (Å²) in [5.41, 5.74) is 15.9. The third kappa shape index (κ3) is 10.3. The Morgan fingerprint density at radius 2 is 1.52 bits per heavy atom. The van der Waals surface area contributed by atoms with E-state index in [1.807, 2.05) is 0 Å². The van der Waals surface area contributed by atoms with Crippen molar-refractivity contribution >= 4 is 29.7 Å². The van der Waals surface area contributed by atoms with Crippen molar-refractivity contribution in [3.63, 3.8) is 0 Å². The predicted octanol–water partition coefficient (Wildman–Crippen LogP) is -2.40. The van der Waals surface area contributed by atoms with Crippen molar-refractivity contribution < 1.29 is 24.3 Å². The highest BCUT2D eigenvalue weighted by atomic mass is 16.4. The van der Waals surface area contributed by atoms with Crippen molar-refractivity contribution in [3.05, 3.63) is 0 Å². The lowest BCUT2D eigenvalue weighted by atomic mass is 10.0. The van der Waals surface area contributed by atoms with Crippen LogP contribution in [0.3, 0.4) is 0 Å². The Morgan fingerprint density at radius 3 is 1.97 bits per heavy atom. The van der Waals surface area contributed by atoms with Crippen LogP contribution in [0.4, 0.5) is 0 Å². The van der Waals surface area contributed by atoms with E-state index in [2.05, 4.69) is 20.9 Å². The molecule has 0 bridgehead atoms. The van der Waals surface area contributed by atoms with Gasteiger partial charge in [-0.1, -0.05) is 13.8 Å². The zero-order chi connectivity index (χ0) is 22.7. The molecule has 0 heterocycles. The van der Waals surface area contributed by atoms with E-state index in [4.69, 9.17) is 17.2 Å². The van der Waals surface area contributed by atoms with Crippen molar-refractivity contribution in [1.29, 1.82) is 0 Å². The van der Waals surface area contributed by atoms with Gasteiger partial charge in [0.1, 0.15) is 18.1 Å². The van der Waals surface area contributed by atoms with Crippen LogP contribution in [-0.4, -0.2) is 65.5 Å². The minimum absolute atomic E-state index is 0.103. The van der Waals surface area contributed by atoms with Crippen LogP contribution in [0.5, 0.6) is 0 Å². The summed E-state index contributed by atoms with van der Waals surface area (Å²) in [6.45, 7) is 6.55. The van der Waals surface area contributed by atoms with E-state index >= 15 is 0 Å². The molecule has 0 aliphatic rings. The molecule has 0 rings (SSSR count). The van der Waals surface area contributed by atoms with Gasteiger partial charge in [-0.05, 0) is 32.6 Å². The van der Waals surface area contributed by atoms with Gasteiger partial charge in [-0.15, -0.1) is 0 Å². The molecule has 0 aliphatic heterocycles. The first-order valence-corrected chi connectivity index (χ1v) is 9.31. The maximum absolute atomic E-state index is 12.6. The molecule has 0 saturated heterocycles. The molecular weight excluding hydrogens is 382 g/mol. The number of carbonyl (C=O) groups is 4. The molecule has 10 N–H and O–H groups in total. The fourth-order valence-electron chi connectivity index (χ4n) is 2.25. The number of rotatable bonds is 12. The summed E-state index contributed by atoms with van der Waals surface area (Å²) in [5.74, 6) is -3.39. The van der Waals surface area contributed by atoms with Gasteiger partial charge in [0, 0.05) is 6.54 Å². The van der Waals surface area contributed by atoms with Gasteiger partial charge < -0.3 is 38.3 Å². The Hall–Kier alpha value is -2.89. The molecule has 12 nitrogen and oxygen atoms in total. The van der Waals surface area contributed by atoms with E-state index in [-0.39, 0.29) is 24.8 Å². The highest BCUT2D eigenvalue weighted by Crippen LogP contribution is 2.06. The first-order chi connectivity index (χ1) is 13.4. The molecule has 166 valence electrons. The second-order valence-electron chi connectivity index (χ2n) is 7.10. The van der Waals surface area contributed by atoms with Crippen molar-refractivity contribution in [3.8, 4) is 0 Å². The highest BCUT2D eigenvalue weighted by Gasteiger charge is 2.30. The molecule has 4 atom stereocenters. The molecular formula is C17H33N7O5.